The SMILES string of the molecule is CCC(=O)Nc1sc(C)c(C)c1C(=O)N1CCNCC1. The van der Waals surface area contributed by atoms with Crippen molar-refractivity contribution in [2.45, 2.75) is 27.2 Å². The largest absolute Gasteiger partial charge is 0.336 e. The van der Waals surface area contributed by atoms with Gasteiger partial charge >= 0.3 is 0 Å². The molecule has 0 radical (unpaired) electrons. The number of aryl methyl sites for hydroxylation is 1. The molecule has 0 spiro atoms. The first-order valence-electron chi connectivity index (χ1n) is 6.94. The molecule has 1 saturated heterocycles. The van der Waals surface area contributed by atoms with E-state index < -0.39 is 0 Å². The van der Waals surface area contributed by atoms with Gasteiger partial charge in [-0.25, -0.2) is 0 Å². The fraction of sp³-hybridized carbons (Fsp3) is 0.571. The van der Waals surface area contributed by atoms with Gasteiger partial charge in [-0.1, -0.05) is 6.92 Å². The van der Waals surface area contributed by atoms with E-state index in [-0.39, 0.29) is 11.8 Å². The second-order valence-corrected chi connectivity index (χ2v) is 6.16. The number of thiophene rings is 1. The Hall–Kier alpha value is -1.40. The van der Waals surface area contributed by atoms with Crippen LogP contribution in [0.5, 0.6) is 0 Å². The molecule has 110 valence electrons. The summed E-state index contributed by atoms with van der Waals surface area (Å²) in [6.45, 7) is 8.82. The molecule has 2 N–H and O–H groups in total. The number of rotatable bonds is 3. The van der Waals surface area contributed by atoms with Crippen LogP contribution in [0.2, 0.25) is 0 Å². The molecule has 0 bridgehead atoms. The standard InChI is InChI=1S/C14H21N3O2S/c1-4-11(18)16-13-12(9(2)10(3)20-13)14(19)17-7-5-15-6-8-17/h15H,4-8H2,1-3H3,(H,16,18). The number of amides is 2. The molecule has 6 heteroatoms. The number of piperazine rings is 1. The van der Waals surface area contributed by atoms with E-state index in [1.54, 1.807) is 6.92 Å². The Morgan fingerprint density at radius 3 is 2.55 bits per heavy atom. The van der Waals surface area contributed by atoms with E-state index in [0.29, 0.717) is 30.1 Å². The lowest BCUT2D eigenvalue weighted by Crippen LogP contribution is -2.46. The van der Waals surface area contributed by atoms with Crippen LogP contribution in [0.4, 0.5) is 5.00 Å². The molecular formula is C14H21N3O2S. The highest BCUT2D eigenvalue weighted by atomic mass is 32.1. The Balaban J connectivity index is 2.28. The van der Waals surface area contributed by atoms with E-state index in [9.17, 15) is 9.59 Å². The van der Waals surface area contributed by atoms with Crippen LogP contribution in [-0.4, -0.2) is 42.9 Å². The van der Waals surface area contributed by atoms with Gasteiger partial charge in [-0.2, -0.15) is 0 Å². The normalized spacial score (nSPS) is 15.2. The van der Waals surface area contributed by atoms with Gasteiger partial charge in [-0.15, -0.1) is 11.3 Å². The van der Waals surface area contributed by atoms with Gasteiger partial charge in [0.05, 0.1) is 5.56 Å². The van der Waals surface area contributed by atoms with Crippen molar-refractivity contribution in [3.63, 3.8) is 0 Å². The molecule has 0 aliphatic carbocycles. The van der Waals surface area contributed by atoms with Crippen LogP contribution >= 0.6 is 11.3 Å². The van der Waals surface area contributed by atoms with Gasteiger partial charge in [-0.05, 0) is 19.4 Å². The van der Waals surface area contributed by atoms with Crippen molar-refractivity contribution in [3.8, 4) is 0 Å². The maximum atomic E-state index is 12.7. The summed E-state index contributed by atoms with van der Waals surface area (Å²) in [5.41, 5.74) is 1.64. The minimum atomic E-state index is -0.0550. The first kappa shape index (κ1) is 15.0. The number of anilines is 1. The summed E-state index contributed by atoms with van der Waals surface area (Å²) in [7, 11) is 0. The van der Waals surface area contributed by atoms with Gasteiger partial charge in [0.25, 0.3) is 5.91 Å². The smallest absolute Gasteiger partial charge is 0.257 e. The number of nitrogens with one attached hydrogen (secondary N) is 2. The van der Waals surface area contributed by atoms with E-state index in [1.165, 1.54) is 11.3 Å². The summed E-state index contributed by atoms with van der Waals surface area (Å²) in [4.78, 5) is 27.2. The lowest BCUT2D eigenvalue weighted by molar-refractivity contribution is -0.115. The zero-order chi connectivity index (χ0) is 14.7. The van der Waals surface area contributed by atoms with E-state index in [4.69, 9.17) is 0 Å². The Bertz CT molecular complexity index is 519. The molecule has 0 atom stereocenters. The van der Waals surface area contributed by atoms with E-state index in [2.05, 4.69) is 10.6 Å². The van der Waals surface area contributed by atoms with Crippen molar-refractivity contribution in [3.05, 3.63) is 16.0 Å². The third-order valence-electron chi connectivity index (χ3n) is 3.58. The van der Waals surface area contributed by atoms with Gasteiger partial charge < -0.3 is 15.5 Å². The zero-order valence-corrected chi connectivity index (χ0v) is 13.0. The van der Waals surface area contributed by atoms with Crippen molar-refractivity contribution in [2.24, 2.45) is 0 Å². The van der Waals surface area contributed by atoms with Gasteiger partial charge in [0.15, 0.2) is 0 Å². The number of carbonyl (C=O) groups excluding carboxylic acids is 2. The monoisotopic (exact) mass is 295 g/mol. The highest BCUT2D eigenvalue weighted by Gasteiger charge is 2.25. The van der Waals surface area contributed by atoms with E-state index in [1.807, 2.05) is 18.7 Å². The zero-order valence-electron chi connectivity index (χ0n) is 12.2. The maximum Gasteiger partial charge on any atom is 0.257 e. The van der Waals surface area contributed by atoms with Gasteiger partial charge in [0.2, 0.25) is 5.91 Å². The van der Waals surface area contributed by atoms with Crippen molar-refractivity contribution >= 4 is 28.2 Å². The Kier molecular flexibility index (Phi) is 4.77. The minimum Gasteiger partial charge on any atom is -0.336 e. The number of hydrogen-bond donors (Lipinski definition) is 2. The van der Waals surface area contributed by atoms with Crippen LogP contribution in [0.15, 0.2) is 0 Å². The number of hydrogen-bond acceptors (Lipinski definition) is 4. The van der Waals surface area contributed by atoms with Gasteiger partial charge in [0.1, 0.15) is 5.00 Å². The lowest BCUT2D eigenvalue weighted by Gasteiger charge is -2.27. The van der Waals surface area contributed by atoms with Crippen LogP contribution in [0.25, 0.3) is 0 Å². The van der Waals surface area contributed by atoms with Crippen LogP contribution in [0, 0.1) is 13.8 Å². The Morgan fingerprint density at radius 2 is 1.95 bits per heavy atom. The Morgan fingerprint density at radius 1 is 1.30 bits per heavy atom. The second kappa shape index (κ2) is 6.37. The molecule has 20 heavy (non-hydrogen) atoms. The number of carbonyl (C=O) groups is 2. The van der Waals surface area contributed by atoms with Crippen molar-refractivity contribution in [2.75, 3.05) is 31.5 Å². The average Bonchev–Trinajstić information content (AvgIpc) is 2.74. The highest BCUT2D eigenvalue weighted by Crippen LogP contribution is 2.33. The summed E-state index contributed by atoms with van der Waals surface area (Å²) in [5.74, 6) is -0.0274. The summed E-state index contributed by atoms with van der Waals surface area (Å²) in [6, 6.07) is 0. The topological polar surface area (TPSA) is 61.4 Å². The Labute approximate surface area is 123 Å². The third-order valence-corrected chi connectivity index (χ3v) is 4.70. The predicted octanol–water partition coefficient (Wildman–Crippen LogP) is 1.76. The van der Waals surface area contributed by atoms with Crippen molar-refractivity contribution in [1.82, 2.24) is 10.2 Å². The molecule has 0 aromatic carbocycles. The van der Waals surface area contributed by atoms with Crippen LogP contribution in [0.1, 0.15) is 34.1 Å². The van der Waals surface area contributed by atoms with E-state index >= 15 is 0 Å². The molecule has 2 heterocycles. The highest BCUT2D eigenvalue weighted by molar-refractivity contribution is 7.16. The van der Waals surface area contributed by atoms with Crippen LogP contribution < -0.4 is 10.6 Å². The fourth-order valence-electron chi connectivity index (χ4n) is 2.21. The maximum absolute atomic E-state index is 12.7. The molecule has 2 amide bonds. The predicted molar refractivity (Wildman–Crippen MR) is 81.5 cm³/mol. The fourth-order valence-corrected chi connectivity index (χ4v) is 3.28. The molecule has 5 nitrogen and oxygen atoms in total. The third kappa shape index (κ3) is 3.02. The summed E-state index contributed by atoms with van der Waals surface area (Å²) in [6.07, 6.45) is 0.414. The number of nitrogens with zero attached hydrogens (tertiary/aromatic N) is 1. The van der Waals surface area contributed by atoms with Crippen LogP contribution in [-0.2, 0) is 4.79 Å². The molecule has 1 aromatic heterocycles. The molecule has 1 aliphatic rings. The molecule has 0 unspecified atom stereocenters. The molecule has 2 rings (SSSR count). The van der Waals surface area contributed by atoms with Gasteiger partial charge in [-0.3, -0.25) is 9.59 Å². The van der Waals surface area contributed by atoms with Gasteiger partial charge in [0, 0.05) is 37.5 Å². The lowest BCUT2D eigenvalue weighted by atomic mass is 10.1. The van der Waals surface area contributed by atoms with Crippen LogP contribution in [0.3, 0.4) is 0 Å². The first-order valence-corrected chi connectivity index (χ1v) is 7.76. The molecule has 1 fully saturated rings. The summed E-state index contributed by atoms with van der Waals surface area (Å²) in [5, 5.41) is 6.78. The van der Waals surface area contributed by atoms with Crippen molar-refractivity contribution in [1.29, 1.82) is 0 Å². The summed E-state index contributed by atoms with van der Waals surface area (Å²) >= 11 is 1.48. The average molecular weight is 295 g/mol. The molecule has 0 saturated carbocycles. The van der Waals surface area contributed by atoms with E-state index in [0.717, 1.165) is 23.5 Å². The first-order chi connectivity index (χ1) is 9.54. The second-order valence-electron chi connectivity index (χ2n) is 4.93. The molecule has 1 aromatic rings. The van der Waals surface area contributed by atoms with Crippen molar-refractivity contribution < 1.29 is 9.59 Å². The molecule has 1 aliphatic heterocycles. The minimum absolute atomic E-state index is 0.0275. The summed E-state index contributed by atoms with van der Waals surface area (Å²) < 4.78 is 0. The quantitative estimate of drug-likeness (QED) is 0.893. The molecular weight excluding hydrogens is 274 g/mol.